The van der Waals surface area contributed by atoms with Crippen molar-refractivity contribution in [2.45, 2.75) is 26.7 Å². The fourth-order valence-electron chi connectivity index (χ4n) is 2.28. The fraction of sp³-hybridized carbons (Fsp3) is 0.368. The molecule has 0 radical (unpaired) electrons. The molecule has 0 unspecified atom stereocenters. The van der Waals surface area contributed by atoms with Gasteiger partial charge in [0.1, 0.15) is 5.82 Å². The van der Waals surface area contributed by atoms with Crippen LogP contribution in [0, 0.1) is 11.7 Å². The molecule has 0 saturated carbocycles. The summed E-state index contributed by atoms with van der Waals surface area (Å²) in [5, 5.41) is 6.07. The van der Waals surface area contributed by atoms with Gasteiger partial charge in [-0.15, -0.1) is 0 Å². The van der Waals surface area contributed by atoms with E-state index in [1.165, 1.54) is 12.3 Å². The molecule has 2 N–H and O–H groups in total. The Morgan fingerprint density at radius 1 is 1.21 bits per heavy atom. The Morgan fingerprint density at radius 2 is 2.00 bits per heavy atom. The molecule has 0 fully saturated rings. The van der Waals surface area contributed by atoms with Crippen LogP contribution in [0.1, 0.15) is 36.2 Å². The van der Waals surface area contributed by atoms with Crippen molar-refractivity contribution >= 4 is 11.6 Å². The number of carbonyl (C=O) groups is 1. The van der Waals surface area contributed by atoms with Crippen LogP contribution >= 0.6 is 0 Å². The SMILES string of the molecule is CC(C)CCNc1cncc(C(=O)NCCc2ccccc2F)c1. The molecule has 128 valence electrons. The highest BCUT2D eigenvalue weighted by Gasteiger charge is 2.07. The Balaban J connectivity index is 1.84. The first-order valence-corrected chi connectivity index (χ1v) is 8.27. The Hall–Kier alpha value is -2.43. The molecule has 0 bridgehead atoms. The highest BCUT2D eigenvalue weighted by atomic mass is 19.1. The largest absolute Gasteiger partial charge is 0.384 e. The topological polar surface area (TPSA) is 54.0 Å². The number of amides is 1. The molecule has 0 aliphatic heterocycles. The molecule has 2 rings (SSSR count). The second kappa shape index (κ2) is 9.01. The first kappa shape index (κ1) is 17.9. The van der Waals surface area contributed by atoms with Gasteiger partial charge in [-0.3, -0.25) is 9.78 Å². The quantitative estimate of drug-likeness (QED) is 0.777. The van der Waals surface area contributed by atoms with E-state index in [9.17, 15) is 9.18 Å². The lowest BCUT2D eigenvalue weighted by Gasteiger charge is -2.10. The molecule has 4 nitrogen and oxygen atoms in total. The van der Waals surface area contributed by atoms with Crippen LogP contribution in [0.15, 0.2) is 42.7 Å². The van der Waals surface area contributed by atoms with Crippen molar-refractivity contribution in [3.8, 4) is 0 Å². The number of aromatic nitrogens is 1. The van der Waals surface area contributed by atoms with Crippen LogP contribution < -0.4 is 10.6 Å². The molecule has 0 aliphatic rings. The van der Waals surface area contributed by atoms with Crippen LogP contribution in [0.25, 0.3) is 0 Å². The minimum atomic E-state index is -0.246. The number of anilines is 1. The normalized spacial score (nSPS) is 10.7. The van der Waals surface area contributed by atoms with E-state index in [2.05, 4.69) is 29.5 Å². The molecule has 0 spiro atoms. The summed E-state index contributed by atoms with van der Waals surface area (Å²) < 4.78 is 13.5. The Morgan fingerprint density at radius 3 is 2.75 bits per heavy atom. The molecule has 2 aromatic rings. The van der Waals surface area contributed by atoms with E-state index in [0.717, 1.165) is 18.7 Å². The summed E-state index contributed by atoms with van der Waals surface area (Å²) in [6.45, 7) is 5.56. The molecule has 1 amide bonds. The molecule has 0 saturated heterocycles. The highest BCUT2D eigenvalue weighted by molar-refractivity contribution is 5.94. The van der Waals surface area contributed by atoms with Crippen molar-refractivity contribution in [2.24, 2.45) is 5.92 Å². The first-order valence-electron chi connectivity index (χ1n) is 8.27. The third-order valence-corrected chi connectivity index (χ3v) is 3.69. The second-order valence-corrected chi connectivity index (χ2v) is 6.17. The molecular weight excluding hydrogens is 305 g/mol. The number of nitrogens with one attached hydrogen (secondary N) is 2. The summed E-state index contributed by atoms with van der Waals surface area (Å²) in [6.07, 6.45) is 4.75. The van der Waals surface area contributed by atoms with Crippen molar-refractivity contribution < 1.29 is 9.18 Å². The number of hydrogen-bond donors (Lipinski definition) is 2. The summed E-state index contributed by atoms with van der Waals surface area (Å²) in [6, 6.07) is 8.37. The molecular formula is C19H24FN3O. The zero-order valence-electron chi connectivity index (χ0n) is 14.2. The molecule has 5 heteroatoms. The van der Waals surface area contributed by atoms with Gasteiger partial charge in [-0.25, -0.2) is 4.39 Å². The smallest absolute Gasteiger partial charge is 0.252 e. The van der Waals surface area contributed by atoms with Crippen LogP contribution in [-0.4, -0.2) is 24.0 Å². The van der Waals surface area contributed by atoms with Gasteiger partial charge >= 0.3 is 0 Å². The van der Waals surface area contributed by atoms with Crippen LogP contribution in [-0.2, 0) is 6.42 Å². The molecule has 24 heavy (non-hydrogen) atoms. The van der Waals surface area contributed by atoms with E-state index in [-0.39, 0.29) is 11.7 Å². The number of halogens is 1. The van der Waals surface area contributed by atoms with Crippen LogP contribution in [0.3, 0.4) is 0 Å². The zero-order valence-corrected chi connectivity index (χ0v) is 14.2. The Bertz CT molecular complexity index is 673. The third kappa shape index (κ3) is 5.65. The van der Waals surface area contributed by atoms with Gasteiger partial charge in [0.15, 0.2) is 0 Å². The fourth-order valence-corrected chi connectivity index (χ4v) is 2.28. The van der Waals surface area contributed by atoms with Gasteiger partial charge in [0, 0.05) is 25.5 Å². The number of pyridine rings is 1. The van der Waals surface area contributed by atoms with Crippen molar-refractivity contribution in [3.05, 3.63) is 59.7 Å². The summed E-state index contributed by atoms with van der Waals surface area (Å²) in [7, 11) is 0. The number of nitrogens with zero attached hydrogens (tertiary/aromatic N) is 1. The van der Waals surface area contributed by atoms with E-state index >= 15 is 0 Å². The highest BCUT2D eigenvalue weighted by Crippen LogP contribution is 2.10. The van der Waals surface area contributed by atoms with Gasteiger partial charge in [-0.05, 0) is 36.5 Å². The third-order valence-electron chi connectivity index (χ3n) is 3.69. The lowest BCUT2D eigenvalue weighted by atomic mass is 10.1. The summed E-state index contributed by atoms with van der Waals surface area (Å²) >= 11 is 0. The number of hydrogen-bond acceptors (Lipinski definition) is 3. The average molecular weight is 329 g/mol. The molecule has 1 aromatic heterocycles. The lowest BCUT2D eigenvalue weighted by molar-refractivity contribution is 0.0953. The summed E-state index contributed by atoms with van der Waals surface area (Å²) in [5.41, 5.74) is 1.93. The maximum atomic E-state index is 13.5. The van der Waals surface area contributed by atoms with E-state index in [1.807, 2.05) is 0 Å². The monoisotopic (exact) mass is 329 g/mol. The van der Waals surface area contributed by atoms with Crippen LogP contribution in [0.5, 0.6) is 0 Å². The van der Waals surface area contributed by atoms with E-state index in [1.54, 1.807) is 30.5 Å². The van der Waals surface area contributed by atoms with Crippen molar-refractivity contribution in [3.63, 3.8) is 0 Å². The van der Waals surface area contributed by atoms with Gasteiger partial charge in [0.2, 0.25) is 0 Å². The van der Waals surface area contributed by atoms with E-state index in [4.69, 9.17) is 0 Å². The molecule has 1 heterocycles. The zero-order chi connectivity index (χ0) is 17.4. The predicted molar refractivity (Wildman–Crippen MR) is 94.6 cm³/mol. The number of rotatable bonds is 8. The van der Waals surface area contributed by atoms with Gasteiger partial charge in [-0.2, -0.15) is 0 Å². The Labute approximate surface area is 142 Å². The molecule has 0 atom stereocenters. The van der Waals surface area contributed by atoms with Crippen molar-refractivity contribution in [1.82, 2.24) is 10.3 Å². The molecule has 1 aromatic carbocycles. The van der Waals surface area contributed by atoms with Gasteiger partial charge in [0.05, 0.1) is 11.3 Å². The standard InChI is InChI=1S/C19H24FN3O/c1-14(2)7-9-22-17-11-16(12-21-13-17)19(24)23-10-8-15-5-3-4-6-18(15)20/h3-6,11-14,22H,7-10H2,1-2H3,(H,23,24). The first-order chi connectivity index (χ1) is 11.6. The van der Waals surface area contributed by atoms with Crippen molar-refractivity contribution in [2.75, 3.05) is 18.4 Å². The molecule has 0 aliphatic carbocycles. The summed E-state index contributed by atoms with van der Waals surface area (Å²) in [4.78, 5) is 16.3. The minimum Gasteiger partial charge on any atom is -0.384 e. The number of carbonyl (C=O) groups excluding carboxylic acids is 1. The maximum Gasteiger partial charge on any atom is 0.252 e. The average Bonchev–Trinajstić information content (AvgIpc) is 2.56. The van der Waals surface area contributed by atoms with Gasteiger partial charge < -0.3 is 10.6 Å². The summed E-state index contributed by atoms with van der Waals surface area (Å²) in [5.74, 6) is 0.173. The maximum absolute atomic E-state index is 13.5. The van der Waals surface area contributed by atoms with E-state index < -0.39 is 0 Å². The number of benzene rings is 1. The van der Waals surface area contributed by atoms with Crippen LogP contribution in [0.2, 0.25) is 0 Å². The predicted octanol–water partition coefficient (Wildman–Crippen LogP) is 3.65. The van der Waals surface area contributed by atoms with Gasteiger partial charge in [-0.1, -0.05) is 32.0 Å². The van der Waals surface area contributed by atoms with E-state index in [0.29, 0.717) is 30.0 Å². The second-order valence-electron chi connectivity index (χ2n) is 6.17. The Kier molecular flexibility index (Phi) is 6.73. The lowest BCUT2D eigenvalue weighted by Crippen LogP contribution is -2.26. The van der Waals surface area contributed by atoms with Gasteiger partial charge in [0.25, 0.3) is 5.91 Å². The minimum absolute atomic E-state index is 0.202. The van der Waals surface area contributed by atoms with Crippen LogP contribution in [0.4, 0.5) is 10.1 Å². The van der Waals surface area contributed by atoms with Crippen molar-refractivity contribution in [1.29, 1.82) is 0 Å².